The van der Waals surface area contributed by atoms with Gasteiger partial charge in [0.15, 0.2) is 11.4 Å². The van der Waals surface area contributed by atoms with Crippen LogP contribution < -0.4 is 10.0 Å². The van der Waals surface area contributed by atoms with Gasteiger partial charge in [-0.1, -0.05) is 6.07 Å². The van der Waals surface area contributed by atoms with Crippen LogP contribution in [0.1, 0.15) is 6.92 Å². The van der Waals surface area contributed by atoms with Crippen molar-refractivity contribution in [2.75, 3.05) is 15.8 Å². The smallest absolute Gasteiger partial charge is 0.300 e. The van der Waals surface area contributed by atoms with Crippen LogP contribution in [0.5, 0.6) is 0 Å². The average Bonchev–Trinajstić information content (AvgIpc) is 2.93. The number of oxazole rings is 1. The Morgan fingerprint density at radius 3 is 2.48 bits per heavy atom. The number of halogens is 1. The molecule has 3 aromatic rings. The first-order chi connectivity index (χ1) is 11.0. The van der Waals surface area contributed by atoms with Crippen molar-refractivity contribution < 1.29 is 17.2 Å². The van der Waals surface area contributed by atoms with Crippen molar-refractivity contribution in [3.8, 4) is 0 Å². The lowest BCUT2D eigenvalue weighted by Crippen LogP contribution is -2.14. The molecule has 0 aliphatic carbocycles. The highest BCUT2D eigenvalue weighted by Crippen LogP contribution is 2.24. The summed E-state index contributed by atoms with van der Waals surface area (Å²) in [7, 11) is -3.31. The van der Waals surface area contributed by atoms with E-state index in [1.807, 2.05) is 0 Å². The van der Waals surface area contributed by atoms with Crippen LogP contribution in [0.25, 0.3) is 11.1 Å². The van der Waals surface area contributed by atoms with E-state index in [0.29, 0.717) is 17.0 Å². The van der Waals surface area contributed by atoms with Gasteiger partial charge in [-0.25, -0.2) is 12.8 Å². The molecule has 0 amide bonds. The van der Waals surface area contributed by atoms with E-state index in [4.69, 9.17) is 4.42 Å². The summed E-state index contributed by atoms with van der Waals surface area (Å²) < 4.78 is 44.4. The summed E-state index contributed by atoms with van der Waals surface area (Å²) in [5.41, 5.74) is 1.60. The number of aromatic nitrogens is 1. The van der Waals surface area contributed by atoms with E-state index in [-0.39, 0.29) is 17.3 Å². The molecule has 0 fully saturated rings. The Hall–Kier alpha value is -2.61. The molecule has 1 aromatic heterocycles. The number of sulfonamides is 1. The highest BCUT2D eigenvalue weighted by atomic mass is 32.2. The highest BCUT2D eigenvalue weighted by molar-refractivity contribution is 7.92. The Balaban J connectivity index is 1.78. The molecule has 0 aliphatic rings. The van der Waals surface area contributed by atoms with Crippen molar-refractivity contribution in [1.82, 2.24) is 4.98 Å². The maximum atomic E-state index is 13.6. The Bertz CT molecular complexity index is 936. The second-order valence-electron chi connectivity index (χ2n) is 4.81. The van der Waals surface area contributed by atoms with Crippen molar-refractivity contribution in [3.63, 3.8) is 0 Å². The summed E-state index contributed by atoms with van der Waals surface area (Å²) in [4.78, 5) is 4.04. The van der Waals surface area contributed by atoms with Crippen LogP contribution in [-0.2, 0) is 10.0 Å². The van der Waals surface area contributed by atoms with E-state index in [0.717, 1.165) is 0 Å². The van der Waals surface area contributed by atoms with Gasteiger partial charge in [0.2, 0.25) is 10.0 Å². The lowest BCUT2D eigenvalue weighted by atomic mass is 10.3. The van der Waals surface area contributed by atoms with Crippen LogP contribution in [0.2, 0.25) is 0 Å². The molecule has 1 heterocycles. The van der Waals surface area contributed by atoms with E-state index < -0.39 is 15.8 Å². The zero-order valence-electron chi connectivity index (χ0n) is 12.2. The molecular formula is C15H14FN3O3S. The van der Waals surface area contributed by atoms with Gasteiger partial charge in [0.25, 0.3) is 6.01 Å². The van der Waals surface area contributed by atoms with Gasteiger partial charge in [-0.2, -0.15) is 4.98 Å². The minimum Gasteiger partial charge on any atom is -0.423 e. The monoisotopic (exact) mass is 335 g/mol. The Kier molecular flexibility index (Phi) is 3.91. The third kappa shape index (κ3) is 3.42. The van der Waals surface area contributed by atoms with Gasteiger partial charge < -0.3 is 9.73 Å². The Morgan fingerprint density at radius 2 is 1.83 bits per heavy atom. The minimum atomic E-state index is -3.31. The number of hydrogen-bond donors (Lipinski definition) is 2. The summed E-state index contributed by atoms with van der Waals surface area (Å²) in [6.45, 7) is 1.56. The van der Waals surface area contributed by atoms with Crippen molar-refractivity contribution in [2.24, 2.45) is 0 Å². The van der Waals surface area contributed by atoms with Crippen LogP contribution in [-0.4, -0.2) is 19.2 Å². The number of anilines is 3. The Morgan fingerprint density at radius 1 is 1.13 bits per heavy atom. The molecule has 2 aromatic carbocycles. The number of benzene rings is 2. The van der Waals surface area contributed by atoms with Gasteiger partial charge in [0, 0.05) is 11.4 Å². The van der Waals surface area contributed by atoms with Gasteiger partial charge in [-0.05, 0) is 43.3 Å². The van der Waals surface area contributed by atoms with Crippen LogP contribution in [0.15, 0.2) is 46.9 Å². The molecular weight excluding hydrogens is 321 g/mol. The van der Waals surface area contributed by atoms with Gasteiger partial charge in [0.1, 0.15) is 5.52 Å². The minimum absolute atomic E-state index is 0.00146. The van der Waals surface area contributed by atoms with Crippen molar-refractivity contribution in [2.45, 2.75) is 6.92 Å². The molecule has 0 atom stereocenters. The van der Waals surface area contributed by atoms with Gasteiger partial charge >= 0.3 is 0 Å². The summed E-state index contributed by atoms with van der Waals surface area (Å²) in [5, 5.41) is 2.90. The number of hydrogen-bond acceptors (Lipinski definition) is 5. The van der Waals surface area contributed by atoms with Gasteiger partial charge in [0.05, 0.1) is 5.75 Å². The standard InChI is InChI=1S/C15H14FN3O3S/c1-2-23(20,21)19-11-8-6-10(7-9-11)17-15-18-14-12(16)4-3-5-13(14)22-15/h3-9,19H,2H2,1H3,(H,17,18). The molecule has 23 heavy (non-hydrogen) atoms. The molecule has 0 bridgehead atoms. The highest BCUT2D eigenvalue weighted by Gasteiger charge is 2.10. The molecule has 0 unspecified atom stereocenters. The predicted molar refractivity (Wildman–Crippen MR) is 86.8 cm³/mol. The van der Waals surface area contributed by atoms with Gasteiger partial charge in [-0.15, -0.1) is 0 Å². The molecule has 6 nitrogen and oxygen atoms in total. The molecule has 0 saturated carbocycles. The molecule has 0 saturated heterocycles. The number of nitrogens with zero attached hydrogens (tertiary/aromatic N) is 1. The molecule has 0 radical (unpaired) electrons. The quantitative estimate of drug-likeness (QED) is 0.746. The maximum absolute atomic E-state index is 13.6. The lowest BCUT2D eigenvalue weighted by molar-refractivity contribution is 0.602. The topological polar surface area (TPSA) is 84.2 Å². The molecule has 0 spiro atoms. The number of fused-ring (bicyclic) bond motifs is 1. The fourth-order valence-corrected chi connectivity index (χ4v) is 2.60. The first-order valence-electron chi connectivity index (χ1n) is 6.89. The number of para-hydroxylation sites is 1. The predicted octanol–water partition coefficient (Wildman–Crippen LogP) is 3.47. The largest absolute Gasteiger partial charge is 0.423 e. The van der Waals surface area contributed by atoms with E-state index in [9.17, 15) is 12.8 Å². The molecule has 2 N–H and O–H groups in total. The average molecular weight is 335 g/mol. The van der Waals surface area contributed by atoms with Crippen LogP contribution >= 0.6 is 0 Å². The van der Waals surface area contributed by atoms with E-state index in [1.165, 1.54) is 6.07 Å². The van der Waals surface area contributed by atoms with Gasteiger partial charge in [-0.3, -0.25) is 4.72 Å². The lowest BCUT2D eigenvalue weighted by Gasteiger charge is -2.07. The summed E-state index contributed by atoms with van der Waals surface area (Å²) >= 11 is 0. The second kappa shape index (κ2) is 5.88. The molecule has 8 heteroatoms. The fraction of sp³-hybridized carbons (Fsp3) is 0.133. The second-order valence-corrected chi connectivity index (χ2v) is 6.82. The normalized spacial score (nSPS) is 11.6. The third-order valence-electron chi connectivity index (χ3n) is 3.16. The summed E-state index contributed by atoms with van der Waals surface area (Å²) in [6, 6.07) is 11.2. The molecule has 120 valence electrons. The van der Waals surface area contributed by atoms with Crippen molar-refractivity contribution in [3.05, 3.63) is 48.3 Å². The maximum Gasteiger partial charge on any atom is 0.300 e. The van der Waals surface area contributed by atoms with Crippen LogP contribution in [0.4, 0.5) is 21.8 Å². The zero-order chi connectivity index (χ0) is 16.4. The first-order valence-corrected chi connectivity index (χ1v) is 8.55. The third-order valence-corrected chi connectivity index (χ3v) is 4.47. The van der Waals surface area contributed by atoms with Crippen molar-refractivity contribution >= 4 is 38.5 Å². The number of rotatable bonds is 5. The number of nitrogens with one attached hydrogen (secondary N) is 2. The van der Waals surface area contributed by atoms with E-state index >= 15 is 0 Å². The van der Waals surface area contributed by atoms with Crippen molar-refractivity contribution in [1.29, 1.82) is 0 Å². The molecule has 3 rings (SSSR count). The first kappa shape index (κ1) is 15.3. The molecule has 0 aliphatic heterocycles. The van der Waals surface area contributed by atoms with E-state index in [1.54, 1.807) is 43.3 Å². The Labute approximate surface area is 132 Å². The fourth-order valence-electron chi connectivity index (χ4n) is 1.97. The van der Waals surface area contributed by atoms with Crippen LogP contribution in [0.3, 0.4) is 0 Å². The SMILES string of the molecule is CCS(=O)(=O)Nc1ccc(Nc2nc3c(F)cccc3o2)cc1. The van der Waals surface area contributed by atoms with Crippen LogP contribution in [0, 0.1) is 5.82 Å². The summed E-state index contributed by atoms with van der Waals surface area (Å²) in [6.07, 6.45) is 0. The van der Waals surface area contributed by atoms with E-state index in [2.05, 4.69) is 15.0 Å². The summed E-state index contributed by atoms with van der Waals surface area (Å²) in [5.74, 6) is -0.454. The zero-order valence-corrected chi connectivity index (χ0v) is 13.0.